The van der Waals surface area contributed by atoms with Gasteiger partial charge in [0.05, 0.1) is 12.6 Å². The van der Waals surface area contributed by atoms with Gasteiger partial charge in [0.1, 0.15) is 11.3 Å². The Hall–Kier alpha value is -2.04. The molecular formula is C18H25N3O2. The van der Waals surface area contributed by atoms with Crippen molar-refractivity contribution < 1.29 is 9.53 Å². The highest BCUT2D eigenvalue weighted by Crippen LogP contribution is 2.40. The highest BCUT2D eigenvalue weighted by atomic mass is 16.5. The molecule has 124 valence electrons. The predicted molar refractivity (Wildman–Crippen MR) is 91.9 cm³/mol. The number of methoxy groups -OCH3 is 1. The molecule has 1 aliphatic carbocycles. The largest absolute Gasteiger partial charge is 0.494 e. The fraction of sp³-hybridized carbons (Fsp3) is 0.556. The third kappa shape index (κ3) is 3.19. The molecule has 23 heavy (non-hydrogen) atoms. The quantitative estimate of drug-likeness (QED) is 0.922. The van der Waals surface area contributed by atoms with Crippen molar-refractivity contribution in [2.24, 2.45) is 5.41 Å². The van der Waals surface area contributed by atoms with E-state index in [9.17, 15) is 4.79 Å². The van der Waals surface area contributed by atoms with Crippen molar-refractivity contribution >= 4 is 22.9 Å². The van der Waals surface area contributed by atoms with Crippen LogP contribution in [0.25, 0.3) is 11.0 Å². The molecule has 0 spiro atoms. The molecule has 5 nitrogen and oxygen atoms in total. The smallest absolute Gasteiger partial charge is 0.227 e. The average Bonchev–Trinajstić information content (AvgIpc) is 2.73. The molecule has 1 aliphatic rings. The van der Waals surface area contributed by atoms with Crippen molar-refractivity contribution in [3.63, 3.8) is 0 Å². The second-order valence-electron chi connectivity index (χ2n) is 7.50. The van der Waals surface area contributed by atoms with Gasteiger partial charge in [0.25, 0.3) is 0 Å². The maximum atomic E-state index is 12.3. The van der Waals surface area contributed by atoms with Crippen LogP contribution in [0.15, 0.2) is 18.2 Å². The number of nitrogens with zero attached hydrogens (tertiary/aromatic N) is 2. The summed E-state index contributed by atoms with van der Waals surface area (Å²) in [7, 11) is 1.67. The fourth-order valence-electron chi connectivity index (χ4n) is 3.02. The predicted octanol–water partition coefficient (Wildman–Crippen LogP) is 4.14. The van der Waals surface area contributed by atoms with Gasteiger partial charge in [-0.05, 0) is 36.8 Å². The summed E-state index contributed by atoms with van der Waals surface area (Å²) >= 11 is 0. The molecule has 0 atom stereocenters. The lowest BCUT2D eigenvalue weighted by atomic mass is 9.92. The van der Waals surface area contributed by atoms with Gasteiger partial charge in [0, 0.05) is 12.5 Å². The van der Waals surface area contributed by atoms with E-state index in [0.29, 0.717) is 18.4 Å². The van der Waals surface area contributed by atoms with Crippen molar-refractivity contribution in [2.45, 2.75) is 52.5 Å². The molecule has 1 aromatic heterocycles. The molecule has 1 heterocycles. The molecule has 1 fully saturated rings. The minimum atomic E-state index is -0.0465. The Balaban J connectivity index is 2.01. The first-order valence-electron chi connectivity index (χ1n) is 8.24. The summed E-state index contributed by atoms with van der Waals surface area (Å²) in [5, 5.41) is 3.01. The van der Waals surface area contributed by atoms with E-state index >= 15 is 0 Å². The van der Waals surface area contributed by atoms with Gasteiger partial charge in [-0.2, -0.15) is 0 Å². The lowest BCUT2D eigenvalue weighted by Crippen LogP contribution is -2.24. The van der Waals surface area contributed by atoms with Crippen LogP contribution < -0.4 is 10.1 Å². The third-order valence-corrected chi connectivity index (χ3v) is 4.28. The number of hydrogen-bond acceptors (Lipinski definition) is 3. The molecule has 1 N–H and O–H groups in total. The topological polar surface area (TPSA) is 56.1 Å². The Morgan fingerprint density at radius 2 is 2.13 bits per heavy atom. The number of ether oxygens (including phenoxy) is 1. The number of para-hydroxylation sites is 1. The first kappa shape index (κ1) is 15.8. The number of rotatable bonds is 4. The van der Waals surface area contributed by atoms with Crippen LogP contribution >= 0.6 is 0 Å². The van der Waals surface area contributed by atoms with Gasteiger partial charge in [-0.15, -0.1) is 0 Å². The summed E-state index contributed by atoms with van der Waals surface area (Å²) < 4.78 is 7.66. The fourth-order valence-corrected chi connectivity index (χ4v) is 3.02. The lowest BCUT2D eigenvalue weighted by molar-refractivity contribution is -0.117. The normalized spacial score (nSPS) is 15.5. The summed E-state index contributed by atoms with van der Waals surface area (Å²) in [6.45, 7) is 6.18. The molecule has 0 saturated heterocycles. The van der Waals surface area contributed by atoms with Crippen LogP contribution in [0, 0.1) is 5.41 Å². The van der Waals surface area contributed by atoms with Gasteiger partial charge in [-0.3, -0.25) is 10.1 Å². The van der Waals surface area contributed by atoms with E-state index in [0.717, 1.165) is 29.6 Å². The number of imidazole rings is 1. The standard InChI is InChI=1S/C18H25N3O2/c1-18(2,3)11-15(22)20-17-19-13-9-6-10-14(23-4)16(13)21(17)12-7-5-8-12/h6,9-10,12H,5,7-8,11H2,1-4H3,(H,19,20,22). The Kier molecular flexibility index (Phi) is 4.04. The zero-order chi connectivity index (χ0) is 16.6. The minimum Gasteiger partial charge on any atom is -0.494 e. The van der Waals surface area contributed by atoms with E-state index in [-0.39, 0.29) is 11.3 Å². The molecule has 1 saturated carbocycles. The zero-order valence-electron chi connectivity index (χ0n) is 14.3. The zero-order valence-corrected chi connectivity index (χ0v) is 14.3. The molecule has 1 amide bonds. The van der Waals surface area contributed by atoms with Crippen molar-refractivity contribution in [3.05, 3.63) is 18.2 Å². The lowest BCUT2D eigenvalue weighted by Gasteiger charge is -2.29. The number of nitrogens with one attached hydrogen (secondary N) is 1. The minimum absolute atomic E-state index is 0.00680. The highest BCUT2D eigenvalue weighted by molar-refractivity contribution is 5.93. The first-order chi connectivity index (χ1) is 10.9. The summed E-state index contributed by atoms with van der Waals surface area (Å²) in [4.78, 5) is 17.0. The van der Waals surface area contributed by atoms with Crippen LogP contribution in [0.2, 0.25) is 0 Å². The number of amides is 1. The number of carbonyl (C=O) groups is 1. The van der Waals surface area contributed by atoms with Crippen LogP contribution in [0.5, 0.6) is 5.75 Å². The second-order valence-corrected chi connectivity index (χ2v) is 7.50. The summed E-state index contributed by atoms with van der Waals surface area (Å²) in [5.74, 6) is 1.45. The van der Waals surface area contributed by atoms with Gasteiger partial charge in [0.2, 0.25) is 11.9 Å². The summed E-state index contributed by atoms with van der Waals surface area (Å²) in [5.41, 5.74) is 1.79. The van der Waals surface area contributed by atoms with Crippen LogP contribution in [-0.4, -0.2) is 22.6 Å². The van der Waals surface area contributed by atoms with Crippen LogP contribution in [0.1, 0.15) is 52.5 Å². The molecule has 5 heteroatoms. The Bertz CT molecular complexity index is 724. The van der Waals surface area contributed by atoms with Gasteiger partial charge < -0.3 is 9.30 Å². The molecule has 3 rings (SSSR count). The number of anilines is 1. The van der Waals surface area contributed by atoms with E-state index < -0.39 is 0 Å². The molecule has 0 bridgehead atoms. The van der Waals surface area contributed by atoms with E-state index in [4.69, 9.17) is 4.74 Å². The maximum absolute atomic E-state index is 12.3. The van der Waals surface area contributed by atoms with E-state index in [1.54, 1.807) is 7.11 Å². The molecule has 2 aromatic rings. The Labute approximate surface area is 137 Å². The molecule has 0 aliphatic heterocycles. The van der Waals surface area contributed by atoms with Gasteiger partial charge in [-0.1, -0.05) is 26.8 Å². The molecular weight excluding hydrogens is 290 g/mol. The Morgan fingerprint density at radius 3 is 2.70 bits per heavy atom. The summed E-state index contributed by atoms with van der Waals surface area (Å²) in [6, 6.07) is 6.23. The number of hydrogen-bond donors (Lipinski definition) is 1. The van der Waals surface area contributed by atoms with Crippen molar-refractivity contribution in [2.75, 3.05) is 12.4 Å². The monoisotopic (exact) mass is 315 g/mol. The maximum Gasteiger partial charge on any atom is 0.227 e. The second kappa shape index (κ2) is 5.87. The van der Waals surface area contributed by atoms with Gasteiger partial charge in [0.15, 0.2) is 0 Å². The third-order valence-electron chi connectivity index (χ3n) is 4.28. The number of carbonyl (C=O) groups excluding carboxylic acids is 1. The molecule has 0 unspecified atom stereocenters. The molecule has 1 aromatic carbocycles. The van der Waals surface area contributed by atoms with E-state index in [1.807, 2.05) is 18.2 Å². The van der Waals surface area contributed by atoms with Gasteiger partial charge >= 0.3 is 0 Å². The van der Waals surface area contributed by atoms with E-state index in [1.165, 1.54) is 6.42 Å². The Morgan fingerprint density at radius 1 is 1.39 bits per heavy atom. The highest BCUT2D eigenvalue weighted by Gasteiger charge is 2.27. The molecule has 0 radical (unpaired) electrons. The van der Waals surface area contributed by atoms with Crippen molar-refractivity contribution in [3.8, 4) is 5.75 Å². The van der Waals surface area contributed by atoms with Crippen LogP contribution in [0.4, 0.5) is 5.95 Å². The number of benzene rings is 1. The van der Waals surface area contributed by atoms with Gasteiger partial charge in [-0.25, -0.2) is 4.98 Å². The van der Waals surface area contributed by atoms with Crippen LogP contribution in [-0.2, 0) is 4.79 Å². The van der Waals surface area contributed by atoms with Crippen LogP contribution in [0.3, 0.4) is 0 Å². The van der Waals surface area contributed by atoms with E-state index in [2.05, 4.69) is 35.6 Å². The first-order valence-corrected chi connectivity index (χ1v) is 8.24. The average molecular weight is 315 g/mol. The van der Waals surface area contributed by atoms with Crippen molar-refractivity contribution in [1.29, 1.82) is 0 Å². The van der Waals surface area contributed by atoms with Crippen molar-refractivity contribution in [1.82, 2.24) is 9.55 Å². The number of fused-ring (bicyclic) bond motifs is 1. The summed E-state index contributed by atoms with van der Waals surface area (Å²) in [6.07, 6.45) is 3.92. The number of aromatic nitrogens is 2. The SMILES string of the molecule is COc1cccc2nc(NC(=O)CC(C)(C)C)n(C3CCC3)c12.